The van der Waals surface area contributed by atoms with Crippen LogP contribution in [-0.4, -0.2) is 16.9 Å². The standard InChI is InChI=1S/C11H13I2NO/c12-7-3-4-8-14-11(15)9-5-1-2-6-10(9)13/h1-2,5-6H,3-4,7-8H2,(H,14,15). The van der Waals surface area contributed by atoms with E-state index in [-0.39, 0.29) is 5.91 Å². The fraction of sp³-hybridized carbons (Fsp3) is 0.364. The maximum absolute atomic E-state index is 11.7. The van der Waals surface area contributed by atoms with Gasteiger partial charge in [0.05, 0.1) is 5.56 Å². The van der Waals surface area contributed by atoms with E-state index in [0.717, 1.165) is 32.9 Å². The van der Waals surface area contributed by atoms with Crippen LogP contribution >= 0.6 is 45.2 Å². The third kappa shape index (κ3) is 4.67. The molecule has 0 fully saturated rings. The first-order valence-corrected chi connectivity index (χ1v) is 7.45. The number of halogens is 2. The van der Waals surface area contributed by atoms with Crippen molar-refractivity contribution in [2.45, 2.75) is 12.8 Å². The largest absolute Gasteiger partial charge is 0.352 e. The fourth-order valence-electron chi connectivity index (χ4n) is 1.16. The van der Waals surface area contributed by atoms with Gasteiger partial charge in [-0.15, -0.1) is 0 Å². The average molecular weight is 429 g/mol. The molecule has 4 heteroatoms. The summed E-state index contributed by atoms with van der Waals surface area (Å²) in [4.78, 5) is 11.7. The Labute approximate surface area is 117 Å². The van der Waals surface area contributed by atoms with E-state index < -0.39 is 0 Å². The van der Waals surface area contributed by atoms with Gasteiger partial charge in [-0.25, -0.2) is 0 Å². The number of carbonyl (C=O) groups excluding carboxylic acids is 1. The minimum Gasteiger partial charge on any atom is -0.352 e. The summed E-state index contributed by atoms with van der Waals surface area (Å²) in [5.74, 6) is 0.0356. The van der Waals surface area contributed by atoms with E-state index in [1.54, 1.807) is 0 Å². The van der Waals surface area contributed by atoms with Crippen LogP contribution in [0.1, 0.15) is 23.2 Å². The fourth-order valence-corrected chi connectivity index (χ4v) is 2.33. The van der Waals surface area contributed by atoms with Gasteiger partial charge in [-0.3, -0.25) is 4.79 Å². The highest BCUT2D eigenvalue weighted by atomic mass is 127. The molecule has 0 aliphatic carbocycles. The van der Waals surface area contributed by atoms with E-state index in [0.29, 0.717) is 0 Å². The first kappa shape index (κ1) is 13.2. The van der Waals surface area contributed by atoms with Crippen LogP contribution in [0.4, 0.5) is 0 Å². The Kier molecular flexibility index (Phi) is 6.54. The summed E-state index contributed by atoms with van der Waals surface area (Å²) in [5.41, 5.74) is 0.771. The summed E-state index contributed by atoms with van der Waals surface area (Å²) < 4.78 is 2.15. The summed E-state index contributed by atoms with van der Waals surface area (Å²) in [6, 6.07) is 7.63. The van der Waals surface area contributed by atoms with Gasteiger partial charge in [0.15, 0.2) is 0 Å². The molecule has 0 saturated carbocycles. The van der Waals surface area contributed by atoms with Gasteiger partial charge in [0, 0.05) is 10.1 Å². The van der Waals surface area contributed by atoms with Gasteiger partial charge in [0.2, 0.25) is 0 Å². The van der Waals surface area contributed by atoms with Gasteiger partial charge in [0.1, 0.15) is 0 Å². The lowest BCUT2D eigenvalue weighted by molar-refractivity contribution is 0.0952. The molecule has 0 aliphatic heterocycles. The monoisotopic (exact) mass is 429 g/mol. The zero-order valence-corrected chi connectivity index (χ0v) is 12.6. The summed E-state index contributed by atoms with van der Waals surface area (Å²) in [6.07, 6.45) is 2.21. The van der Waals surface area contributed by atoms with E-state index in [4.69, 9.17) is 0 Å². The molecule has 15 heavy (non-hydrogen) atoms. The molecule has 2 nitrogen and oxygen atoms in total. The lowest BCUT2D eigenvalue weighted by Gasteiger charge is -2.05. The lowest BCUT2D eigenvalue weighted by Crippen LogP contribution is -2.25. The predicted octanol–water partition coefficient (Wildman–Crippen LogP) is 3.24. The first-order chi connectivity index (χ1) is 7.25. The molecule has 0 aromatic heterocycles. The second-order valence-electron chi connectivity index (χ2n) is 3.13. The van der Waals surface area contributed by atoms with Gasteiger partial charge >= 0.3 is 0 Å². The molecule has 1 aromatic carbocycles. The number of nitrogens with one attached hydrogen (secondary N) is 1. The zero-order valence-electron chi connectivity index (χ0n) is 8.30. The van der Waals surface area contributed by atoms with Crippen molar-refractivity contribution in [2.24, 2.45) is 0 Å². The normalized spacial score (nSPS) is 10.0. The minimum absolute atomic E-state index is 0.0356. The molecule has 0 saturated heterocycles. The molecular weight excluding hydrogens is 416 g/mol. The molecule has 0 unspecified atom stereocenters. The Morgan fingerprint density at radius 1 is 1.27 bits per heavy atom. The number of benzene rings is 1. The maximum atomic E-state index is 11.7. The van der Waals surface area contributed by atoms with Crippen molar-refractivity contribution in [3.63, 3.8) is 0 Å². The molecule has 0 radical (unpaired) electrons. The zero-order chi connectivity index (χ0) is 11.1. The van der Waals surface area contributed by atoms with Crippen LogP contribution < -0.4 is 5.32 Å². The Balaban J connectivity index is 2.44. The van der Waals surface area contributed by atoms with Gasteiger partial charge in [-0.2, -0.15) is 0 Å². The van der Waals surface area contributed by atoms with E-state index in [2.05, 4.69) is 50.5 Å². The molecule has 0 spiro atoms. The number of rotatable bonds is 5. The second-order valence-corrected chi connectivity index (χ2v) is 5.37. The van der Waals surface area contributed by atoms with Gasteiger partial charge < -0.3 is 5.32 Å². The molecule has 82 valence electrons. The average Bonchev–Trinajstić information content (AvgIpc) is 2.25. The SMILES string of the molecule is O=C(NCCCCI)c1ccccc1I. The van der Waals surface area contributed by atoms with Gasteiger partial charge in [0.25, 0.3) is 5.91 Å². The summed E-state index contributed by atoms with van der Waals surface area (Å²) in [7, 11) is 0. The highest BCUT2D eigenvalue weighted by Crippen LogP contribution is 2.10. The lowest BCUT2D eigenvalue weighted by atomic mass is 10.2. The highest BCUT2D eigenvalue weighted by Gasteiger charge is 2.07. The van der Waals surface area contributed by atoms with Crippen molar-refractivity contribution in [1.29, 1.82) is 0 Å². The topological polar surface area (TPSA) is 29.1 Å². The Morgan fingerprint density at radius 3 is 2.67 bits per heavy atom. The summed E-state index contributed by atoms with van der Waals surface area (Å²) in [6.45, 7) is 0.771. The van der Waals surface area contributed by atoms with E-state index in [1.165, 1.54) is 0 Å². The van der Waals surface area contributed by atoms with Crippen molar-refractivity contribution in [2.75, 3.05) is 11.0 Å². The highest BCUT2D eigenvalue weighted by molar-refractivity contribution is 14.1. The smallest absolute Gasteiger partial charge is 0.252 e. The van der Waals surface area contributed by atoms with Crippen LogP contribution in [0.2, 0.25) is 0 Å². The molecule has 1 N–H and O–H groups in total. The number of unbranched alkanes of at least 4 members (excludes halogenated alkanes) is 1. The summed E-state index contributed by atoms with van der Waals surface area (Å²) >= 11 is 4.53. The van der Waals surface area contributed by atoms with Crippen LogP contribution in [0.25, 0.3) is 0 Å². The van der Waals surface area contributed by atoms with Gasteiger partial charge in [-0.1, -0.05) is 34.7 Å². The van der Waals surface area contributed by atoms with Gasteiger partial charge in [-0.05, 0) is 52.0 Å². The van der Waals surface area contributed by atoms with Crippen molar-refractivity contribution < 1.29 is 4.79 Å². The van der Waals surface area contributed by atoms with Crippen LogP contribution in [0, 0.1) is 3.57 Å². The van der Waals surface area contributed by atoms with Crippen LogP contribution in [0.15, 0.2) is 24.3 Å². The van der Waals surface area contributed by atoms with E-state index >= 15 is 0 Å². The Bertz CT molecular complexity index is 328. The maximum Gasteiger partial charge on any atom is 0.252 e. The van der Waals surface area contributed by atoms with Crippen molar-refractivity contribution >= 4 is 51.1 Å². The van der Waals surface area contributed by atoms with Crippen LogP contribution in [-0.2, 0) is 0 Å². The third-order valence-electron chi connectivity index (χ3n) is 1.96. The molecule has 0 aliphatic rings. The van der Waals surface area contributed by atoms with E-state index in [9.17, 15) is 4.79 Å². The number of carbonyl (C=O) groups is 1. The number of hydrogen-bond acceptors (Lipinski definition) is 1. The number of alkyl halides is 1. The quantitative estimate of drug-likeness (QED) is 0.435. The first-order valence-electron chi connectivity index (χ1n) is 4.84. The van der Waals surface area contributed by atoms with Crippen molar-refractivity contribution in [3.8, 4) is 0 Å². The Hall–Kier alpha value is 0.150. The van der Waals surface area contributed by atoms with Crippen molar-refractivity contribution in [1.82, 2.24) is 5.32 Å². The predicted molar refractivity (Wildman–Crippen MR) is 79.6 cm³/mol. The third-order valence-corrected chi connectivity index (χ3v) is 3.67. The minimum atomic E-state index is 0.0356. The molecule has 0 heterocycles. The summed E-state index contributed by atoms with van der Waals surface area (Å²) in [5, 5.41) is 2.93. The number of hydrogen-bond donors (Lipinski definition) is 1. The second kappa shape index (κ2) is 7.43. The number of amides is 1. The molecule has 1 aromatic rings. The van der Waals surface area contributed by atoms with Crippen molar-refractivity contribution in [3.05, 3.63) is 33.4 Å². The molecule has 1 amide bonds. The molecular formula is C11H13I2NO. The van der Waals surface area contributed by atoms with E-state index in [1.807, 2.05) is 24.3 Å². The molecule has 0 atom stereocenters. The van der Waals surface area contributed by atoms with Crippen LogP contribution in [0.3, 0.4) is 0 Å². The van der Waals surface area contributed by atoms with Crippen LogP contribution in [0.5, 0.6) is 0 Å². The Morgan fingerprint density at radius 2 is 2.00 bits per heavy atom. The molecule has 0 bridgehead atoms. The molecule has 1 rings (SSSR count).